The molecule has 4 aromatic carbocycles. The number of quaternary nitrogens is 1. The Morgan fingerprint density at radius 1 is 0.617 bits per heavy atom. The maximum atomic E-state index is 13.2. The highest BCUT2D eigenvalue weighted by atomic mass is 19.3. The summed E-state index contributed by atoms with van der Waals surface area (Å²) in [6.45, 7) is 15.8. The third kappa shape index (κ3) is 40.5. The number of cyclic esters (lactones) is 4. The second-order valence-corrected chi connectivity index (χ2v) is 20.6. The molecule has 2 fully saturated rings. The molecule has 2 aliphatic rings. The van der Waals surface area contributed by atoms with Gasteiger partial charge < -0.3 is 75.4 Å². The van der Waals surface area contributed by atoms with Gasteiger partial charge in [0.15, 0.2) is 0 Å². The predicted octanol–water partition coefficient (Wildman–Crippen LogP) is 5.05. The number of benzene rings is 4. The van der Waals surface area contributed by atoms with Gasteiger partial charge in [-0.1, -0.05) is 123 Å². The second kappa shape index (κ2) is 48.5. The molecule has 0 unspecified atom stereocenters. The van der Waals surface area contributed by atoms with Crippen LogP contribution in [0.1, 0.15) is 83.6 Å². The molecule has 32 heteroatoms. The molecule has 2 saturated heterocycles. The third-order valence-electron chi connectivity index (χ3n) is 11.6. The number of carboxylic acid groups (broad SMARTS) is 1. The summed E-state index contributed by atoms with van der Waals surface area (Å²) in [4.78, 5) is 115. The Hall–Kier alpha value is -10.3. The van der Waals surface area contributed by atoms with Gasteiger partial charge in [-0.15, -0.1) is 0 Å². The zero-order valence-corrected chi connectivity index (χ0v) is 53.3. The number of carbonyl (C=O) groups excluding carboxylic acids is 10. The summed E-state index contributed by atoms with van der Waals surface area (Å²) in [5.74, 6) is -3.59. The first kappa shape index (κ1) is 81.8. The molecule has 0 radical (unpaired) electrons. The number of ether oxygens (including phenoxy) is 7. The number of rotatable bonds is 30. The van der Waals surface area contributed by atoms with E-state index < -0.39 is 78.5 Å². The van der Waals surface area contributed by atoms with Crippen molar-refractivity contribution in [3.8, 4) is 11.5 Å². The standard InChI is InChI=1S/C28H38N6O5.C17H15NO4.C7H11NO3.C4H10N4O.C4H6O3.C2H2F2O2/c1-20(2)17-25(27(36)30-13-15-38-16-14-31-34-29)33-28(37)26(32-21(3)35)18-22-9-11-24(12-10-22)39-19-23-7-5-4-6-8-23;19-16-15(18-17(20)22-16)10-12-6-8-14(9-7-12)21-11-13-4-2-1-3-5-13;1-4(2)3-5-6(9)11-7(10)8-5;5-1-3-9-4-2-7-8-6;1-3(5)7-4(2)6;3-1(4)2(5)6/h4-12,20,25-26H,13-19H2,1-3H3,(H,30,36)(H,32,35)(H,33,37);1-9,15H,10-11H2,(H,18,20);4-5H,3H2,1-2H3,(H,8,10);1-5H2;1-2H3;1H,(H,5,6)/t25-,26+;15-;5-;;;/m101.../s1. The number of alkyl halides is 2. The summed E-state index contributed by atoms with van der Waals surface area (Å²) < 4.78 is 55.5. The lowest BCUT2D eigenvalue weighted by Gasteiger charge is -2.24. The van der Waals surface area contributed by atoms with E-state index in [0.29, 0.717) is 63.9 Å². The summed E-state index contributed by atoms with van der Waals surface area (Å²) in [7, 11) is 0. The van der Waals surface area contributed by atoms with Crippen molar-refractivity contribution >= 4 is 59.8 Å². The number of halogens is 2. The van der Waals surface area contributed by atoms with Crippen molar-refractivity contribution in [2.45, 2.75) is 118 Å². The Morgan fingerprint density at radius 2 is 1.07 bits per heavy atom. The Bertz CT molecular complexity index is 3060. The van der Waals surface area contributed by atoms with E-state index >= 15 is 0 Å². The number of amides is 5. The van der Waals surface area contributed by atoms with Crippen LogP contribution in [0.3, 0.4) is 0 Å². The fourth-order valence-corrected chi connectivity index (χ4v) is 7.55. The number of azide groups is 2. The third-order valence-corrected chi connectivity index (χ3v) is 11.6. The van der Waals surface area contributed by atoms with E-state index in [1.165, 1.54) is 20.8 Å². The number of hydrogen-bond acceptors (Lipinski definition) is 20. The van der Waals surface area contributed by atoms with E-state index in [1.807, 2.05) is 137 Å². The lowest BCUT2D eigenvalue weighted by atomic mass is 10.0. The van der Waals surface area contributed by atoms with Crippen LogP contribution in [0.15, 0.2) is 119 Å². The van der Waals surface area contributed by atoms with Gasteiger partial charge in [-0.3, -0.25) is 24.0 Å². The minimum Gasteiger partial charge on any atom is -0.544 e. The van der Waals surface area contributed by atoms with Crippen molar-refractivity contribution in [2.24, 2.45) is 22.1 Å². The average molecular weight is 1320 g/mol. The number of hydrogen-bond donors (Lipinski definition) is 6. The molecule has 6 rings (SSSR count). The number of esters is 4. The molecule has 0 bridgehead atoms. The van der Waals surface area contributed by atoms with E-state index in [4.69, 9.17) is 39.9 Å². The van der Waals surface area contributed by atoms with Gasteiger partial charge >= 0.3 is 36.1 Å². The number of carbonyl (C=O) groups is 10. The number of alkyl carbamates (subject to hydrolysis) is 2. The van der Waals surface area contributed by atoms with E-state index in [-0.39, 0.29) is 50.5 Å². The maximum absolute atomic E-state index is 13.2. The van der Waals surface area contributed by atoms with Crippen LogP contribution in [0.5, 0.6) is 11.5 Å². The zero-order valence-electron chi connectivity index (χ0n) is 53.3. The minimum absolute atomic E-state index is 0.142. The zero-order chi connectivity index (χ0) is 70.2. The molecular formula is C62H82F2N12O18. The van der Waals surface area contributed by atoms with Gasteiger partial charge in [-0.05, 0) is 82.3 Å². The molecule has 0 saturated carbocycles. The fraction of sp³-hybridized carbons (Fsp3) is 0.452. The Labute approximate surface area is 541 Å². The van der Waals surface area contributed by atoms with Crippen molar-refractivity contribution in [3.05, 3.63) is 152 Å². The van der Waals surface area contributed by atoms with E-state index in [9.17, 15) is 51.9 Å². The van der Waals surface area contributed by atoms with E-state index in [2.05, 4.69) is 66.6 Å². The quantitative estimate of drug-likeness (QED) is 0.00756. The molecule has 4 atom stereocenters. The topological polar surface area (TPSA) is 444 Å². The number of nitrogens with zero attached hydrogens (tertiary/aromatic N) is 6. The first-order valence-corrected chi connectivity index (χ1v) is 29.3. The van der Waals surface area contributed by atoms with Crippen LogP contribution in [-0.4, -0.2) is 143 Å². The Morgan fingerprint density at radius 3 is 1.46 bits per heavy atom. The monoisotopic (exact) mass is 1320 g/mol. The SMILES string of the molecule is CC(=O)N[C@@H](Cc1ccc(OCc2ccccc2)cc1)C(=O)N[C@H](CC(C)C)C(=O)NCCOCCN=[N+]=[N-].CC(=O)OC(C)=O.CC(C)C[C@H]1NC(=O)OC1=O.O=C([O-])C(F)F.O=C1N[C@@H](Cc2ccc(OCc3ccccc3)cc2)C(=O)O1.[N-]=[N+]=NCCOCC[NH3+]. The van der Waals surface area contributed by atoms with Crippen LogP contribution in [0.4, 0.5) is 18.4 Å². The van der Waals surface area contributed by atoms with Gasteiger partial charge in [0.1, 0.15) is 54.8 Å². The summed E-state index contributed by atoms with van der Waals surface area (Å²) in [6, 6.07) is 31.9. The Balaban J connectivity index is 0.000000664. The fourth-order valence-electron chi connectivity index (χ4n) is 7.55. The number of nitrogens with one attached hydrogen (secondary N) is 5. The van der Waals surface area contributed by atoms with E-state index in [0.717, 1.165) is 34.5 Å². The van der Waals surface area contributed by atoms with Gasteiger partial charge in [0.05, 0.1) is 33.0 Å². The molecular weight excluding hydrogens is 1240 g/mol. The molecule has 4 aromatic rings. The van der Waals surface area contributed by atoms with Gasteiger partial charge in [0, 0.05) is 63.1 Å². The minimum atomic E-state index is -3.34. The van der Waals surface area contributed by atoms with E-state index in [1.54, 1.807) is 0 Å². The van der Waals surface area contributed by atoms with Gasteiger partial charge in [-0.25, -0.2) is 28.0 Å². The molecule has 0 aliphatic carbocycles. The molecule has 0 aromatic heterocycles. The van der Waals surface area contributed by atoms with Crippen molar-refractivity contribution in [1.29, 1.82) is 0 Å². The molecule has 94 heavy (non-hydrogen) atoms. The van der Waals surface area contributed by atoms with Crippen molar-refractivity contribution in [1.82, 2.24) is 26.6 Å². The van der Waals surface area contributed by atoms with Crippen molar-refractivity contribution < 1.29 is 101 Å². The van der Waals surface area contributed by atoms with Crippen LogP contribution >= 0.6 is 0 Å². The average Bonchev–Trinajstić information content (AvgIpc) is 1.93. The molecule has 2 heterocycles. The summed E-state index contributed by atoms with van der Waals surface area (Å²) >= 11 is 0. The molecule has 2 aliphatic heterocycles. The van der Waals surface area contributed by atoms with Crippen LogP contribution < -0.4 is 46.9 Å². The lowest BCUT2D eigenvalue weighted by Crippen LogP contribution is -2.54. The lowest BCUT2D eigenvalue weighted by molar-refractivity contribution is -0.374. The highest BCUT2D eigenvalue weighted by molar-refractivity contribution is 5.96. The van der Waals surface area contributed by atoms with Gasteiger partial charge in [0.25, 0.3) is 6.43 Å². The highest BCUT2D eigenvalue weighted by Gasteiger charge is 2.33. The number of aliphatic carboxylic acids is 1. The second-order valence-electron chi connectivity index (χ2n) is 20.6. The summed E-state index contributed by atoms with van der Waals surface area (Å²) in [6.07, 6.45) is -2.92. The van der Waals surface area contributed by atoms with Crippen LogP contribution in [0.25, 0.3) is 20.9 Å². The molecule has 0 spiro atoms. The Kier molecular flexibility index (Phi) is 42.2. The smallest absolute Gasteiger partial charge is 0.415 e. The summed E-state index contributed by atoms with van der Waals surface area (Å²) in [5.41, 5.74) is 23.6. The van der Waals surface area contributed by atoms with Crippen LogP contribution in [-0.2, 0) is 88.1 Å². The van der Waals surface area contributed by atoms with Crippen molar-refractivity contribution in [2.75, 3.05) is 52.6 Å². The first-order chi connectivity index (χ1) is 44.8. The molecule has 512 valence electrons. The largest absolute Gasteiger partial charge is 0.544 e. The highest BCUT2D eigenvalue weighted by Crippen LogP contribution is 2.19. The summed E-state index contributed by atoms with van der Waals surface area (Å²) in [5, 5.41) is 28.6. The predicted molar refractivity (Wildman–Crippen MR) is 331 cm³/mol. The van der Waals surface area contributed by atoms with Gasteiger partial charge in [-0.2, -0.15) is 0 Å². The number of carboxylic acids is 1. The normalized spacial score (nSPS) is 13.8. The molecule has 8 N–H and O–H groups in total. The molecule has 5 amide bonds. The molecule has 30 nitrogen and oxygen atoms in total. The first-order valence-electron chi connectivity index (χ1n) is 29.3. The van der Waals surface area contributed by atoms with Crippen molar-refractivity contribution in [3.63, 3.8) is 0 Å². The van der Waals surface area contributed by atoms with Crippen LogP contribution in [0.2, 0.25) is 0 Å². The maximum Gasteiger partial charge on any atom is 0.415 e. The van der Waals surface area contributed by atoms with Gasteiger partial charge in [0.2, 0.25) is 17.7 Å². The van der Waals surface area contributed by atoms with Crippen LogP contribution in [0, 0.1) is 11.8 Å².